The van der Waals surface area contributed by atoms with Crippen molar-refractivity contribution in [3.8, 4) is 0 Å². The quantitative estimate of drug-likeness (QED) is 0.679. The summed E-state index contributed by atoms with van der Waals surface area (Å²) in [6.45, 7) is 2.90. The van der Waals surface area contributed by atoms with Crippen molar-refractivity contribution in [1.82, 2.24) is 20.3 Å². The first-order valence-electron chi connectivity index (χ1n) is 6.73. The van der Waals surface area contributed by atoms with Crippen LogP contribution in [0.15, 0.2) is 45.9 Å². The van der Waals surface area contributed by atoms with Crippen molar-refractivity contribution in [1.29, 1.82) is 0 Å². The van der Waals surface area contributed by atoms with Gasteiger partial charge in [0.05, 0.1) is 17.1 Å². The molecule has 0 amide bonds. The van der Waals surface area contributed by atoms with Gasteiger partial charge in [-0.1, -0.05) is 13.0 Å². The fraction of sp³-hybridized carbons (Fsp3) is 0.200. The lowest BCUT2D eigenvalue weighted by molar-refractivity contribution is 0.629. The van der Waals surface area contributed by atoms with Gasteiger partial charge in [0.25, 0.3) is 0 Å². The molecule has 1 atom stereocenters. The minimum atomic E-state index is -0.189. The second-order valence-corrected chi connectivity index (χ2v) is 5.73. The predicted molar refractivity (Wildman–Crippen MR) is 86.4 cm³/mol. The van der Waals surface area contributed by atoms with Crippen LogP contribution in [-0.4, -0.2) is 21.5 Å². The fourth-order valence-corrected chi connectivity index (χ4v) is 2.83. The number of hydrogen-bond acceptors (Lipinski definition) is 3. The fourth-order valence-electron chi connectivity index (χ4n) is 2.45. The molecule has 5 nitrogen and oxygen atoms in total. The minimum Gasteiger partial charge on any atom is -0.306 e. The standard InChI is InChI=1S/C15H15BrN4O/c1-2-18-14(10-5-11(16)8-17-7-10)9-3-4-12-13(6-9)20-15(21)19-12/h3-8,14,18H,2H2,1H3,(H2,19,20,21). The van der Waals surface area contributed by atoms with Crippen LogP contribution >= 0.6 is 15.9 Å². The van der Waals surface area contributed by atoms with Crippen LogP contribution in [0.4, 0.5) is 0 Å². The van der Waals surface area contributed by atoms with Crippen LogP contribution in [0.3, 0.4) is 0 Å². The third-order valence-electron chi connectivity index (χ3n) is 3.34. The second kappa shape index (κ2) is 5.83. The van der Waals surface area contributed by atoms with E-state index in [4.69, 9.17) is 0 Å². The van der Waals surface area contributed by atoms with Crippen LogP contribution in [0.5, 0.6) is 0 Å². The summed E-state index contributed by atoms with van der Waals surface area (Å²) in [7, 11) is 0. The number of aromatic amines is 2. The highest BCUT2D eigenvalue weighted by Crippen LogP contribution is 2.25. The molecule has 3 aromatic rings. The van der Waals surface area contributed by atoms with Gasteiger partial charge in [0.15, 0.2) is 0 Å². The van der Waals surface area contributed by atoms with E-state index in [0.29, 0.717) is 0 Å². The highest BCUT2D eigenvalue weighted by molar-refractivity contribution is 9.10. The number of imidazole rings is 1. The van der Waals surface area contributed by atoms with E-state index in [2.05, 4.69) is 43.1 Å². The van der Waals surface area contributed by atoms with Crippen LogP contribution in [0.25, 0.3) is 11.0 Å². The van der Waals surface area contributed by atoms with Crippen LogP contribution in [0.1, 0.15) is 24.1 Å². The van der Waals surface area contributed by atoms with Crippen molar-refractivity contribution in [3.05, 3.63) is 62.7 Å². The monoisotopic (exact) mass is 346 g/mol. The van der Waals surface area contributed by atoms with Gasteiger partial charge in [-0.15, -0.1) is 0 Å². The molecule has 0 saturated heterocycles. The molecule has 21 heavy (non-hydrogen) atoms. The molecule has 0 bridgehead atoms. The third-order valence-corrected chi connectivity index (χ3v) is 3.77. The molecule has 0 fully saturated rings. The van der Waals surface area contributed by atoms with Gasteiger partial charge in [0.2, 0.25) is 0 Å². The van der Waals surface area contributed by atoms with E-state index < -0.39 is 0 Å². The second-order valence-electron chi connectivity index (χ2n) is 4.81. The molecule has 0 aliphatic rings. The Bertz CT molecular complexity index is 824. The zero-order valence-corrected chi connectivity index (χ0v) is 13.1. The molecule has 0 radical (unpaired) electrons. The first-order valence-corrected chi connectivity index (χ1v) is 7.52. The number of pyridine rings is 1. The molecule has 0 saturated carbocycles. The zero-order valence-electron chi connectivity index (χ0n) is 11.5. The number of hydrogen-bond donors (Lipinski definition) is 3. The SMILES string of the molecule is CCNC(c1cncc(Br)c1)c1ccc2[nH]c(=O)[nH]c2c1. The van der Waals surface area contributed by atoms with E-state index in [1.165, 1.54) is 0 Å². The number of aromatic nitrogens is 3. The lowest BCUT2D eigenvalue weighted by Gasteiger charge is -2.19. The van der Waals surface area contributed by atoms with Crippen molar-refractivity contribution in [2.45, 2.75) is 13.0 Å². The summed E-state index contributed by atoms with van der Waals surface area (Å²) in [5.41, 5.74) is 3.59. The molecular formula is C15H15BrN4O. The molecule has 3 N–H and O–H groups in total. The molecule has 2 heterocycles. The van der Waals surface area contributed by atoms with Crippen molar-refractivity contribution >= 4 is 27.0 Å². The highest BCUT2D eigenvalue weighted by Gasteiger charge is 2.14. The molecule has 108 valence electrons. The summed E-state index contributed by atoms with van der Waals surface area (Å²) in [6, 6.07) is 7.99. The summed E-state index contributed by atoms with van der Waals surface area (Å²) in [4.78, 5) is 21.1. The molecule has 1 unspecified atom stereocenters. The van der Waals surface area contributed by atoms with Crippen LogP contribution in [0, 0.1) is 0 Å². The topological polar surface area (TPSA) is 73.6 Å². The number of nitrogens with zero attached hydrogens (tertiary/aromatic N) is 1. The van der Waals surface area contributed by atoms with Crippen LogP contribution in [0.2, 0.25) is 0 Å². The normalized spacial score (nSPS) is 12.7. The average molecular weight is 347 g/mol. The third kappa shape index (κ3) is 2.91. The number of fused-ring (bicyclic) bond motifs is 1. The average Bonchev–Trinajstić information content (AvgIpc) is 2.83. The Hall–Kier alpha value is -1.92. The van der Waals surface area contributed by atoms with E-state index in [1.54, 1.807) is 6.20 Å². The first kappa shape index (κ1) is 14.0. The van der Waals surface area contributed by atoms with Crippen LogP contribution in [-0.2, 0) is 0 Å². The van der Waals surface area contributed by atoms with E-state index in [0.717, 1.165) is 33.2 Å². The van der Waals surface area contributed by atoms with Gasteiger partial charge in [-0.3, -0.25) is 4.98 Å². The lowest BCUT2D eigenvalue weighted by atomic mass is 9.99. The van der Waals surface area contributed by atoms with Gasteiger partial charge in [-0.2, -0.15) is 0 Å². The number of halogens is 1. The summed E-state index contributed by atoms with van der Waals surface area (Å²) < 4.78 is 0.944. The molecule has 2 aromatic heterocycles. The number of rotatable bonds is 4. The minimum absolute atomic E-state index is 0.0304. The Labute approximate surface area is 129 Å². The Morgan fingerprint density at radius 2 is 2.00 bits per heavy atom. The Kier molecular flexibility index (Phi) is 3.90. The van der Waals surface area contributed by atoms with Crippen molar-refractivity contribution in [2.75, 3.05) is 6.54 Å². The maximum absolute atomic E-state index is 11.4. The van der Waals surface area contributed by atoms with Crippen LogP contribution < -0.4 is 11.0 Å². The Morgan fingerprint density at radius 3 is 2.76 bits per heavy atom. The molecular weight excluding hydrogens is 332 g/mol. The summed E-state index contributed by atoms with van der Waals surface area (Å²) >= 11 is 3.45. The molecule has 6 heteroatoms. The van der Waals surface area contributed by atoms with Gasteiger partial charge in [0, 0.05) is 16.9 Å². The van der Waals surface area contributed by atoms with Gasteiger partial charge in [0.1, 0.15) is 0 Å². The largest absolute Gasteiger partial charge is 0.323 e. The van der Waals surface area contributed by atoms with E-state index in [9.17, 15) is 4.79 Å². The summed E-state index contributed by atoms with van der Waals surface area (Å²) in [5.74, 6) is 0. The molecule has 0 aliphatic carbocycles. The lowest BCUT2D eigenvalue weighted by Crippen LogP contribution is -2.22. The van der Waals surface area contributed by atoms with Gasteiger partial charge >= 0.3 is 5.69 Å². The number of benzene rings is 1. The maximum Gasteiger partial charge on any atom is 0.323 e. The number of H-pyrrole nitrogens is 2. The predicted octanol–water partition coefficient (Wildman–Crippen LogP) is 2.71. The molecule has 1 aromatic carbocycles. The maximum atomic E-state index is 11.4. The van der Waals surface area contributed by atoms with E-state index in [1.807, 2.05) is 30.5 Å². The number of nitrogens with one attached hydrogen (secondary N) is 3. The van der Waals surface area contributed by atoms with Crippen molar-refractivity contribution in [3.63, 3.8) is 0 Å². The zero-order chi connectivity index (χ0) is 14.8. The highest BCUT2D eigenvalue weighted by atomic mass is 79.9. The van der Waals surface area contributed by atoms with Gasteiger partial charge < -0.3 is 15.3 Å². The molecule has 0 spiro atoms. The van der Waals surface area contributed by atoms with E-state index >= 15 is 0 Å². The summed E-state index contributed by atoms with van der Waals surface area (Å²) in [6.07, 6.45) is 3.61. The van der Waals surface area contributed by atoms with E-state index in [-0.39, 0.29) is 11.7 Å². The Morgan fingerprint density at radius 1 is 1.19 bits per heavy atom. The molecule has 0 aliphatic heterocycles. The Balaban J connectivity index is 2.07. The van der Waals surface area contributed by atoms with Gasteiger partial charge in [-0.05, 0) is 51.8 Å². The van der Waals surface area contributed by atoms with Crippen molar-refractivity contribution < 1.29 is 0 Å². The van der Waals surface area contributed by atoms with Crippen molar-refractivity contribution in [2.24, 2.45) is 0 Å². The first-order chi connectivity index (χ1) is 10.2. The molecule has 3 rings (SSSR count). The summed E-state index contributed by atoms with van der Waals surface area (Å²) in [5, 5.41) is 3.45. The smallest absolute Gasteiger partial charge is 0.306 e. The van der Waals surface area contributed by atoms with Gasteiger partial charge in [-0.25, -0.2) is 4.79 Å².